The molecule has 1 aliphatic heterocycles. The minimum atomic E-state index is -0.166. The molecule has 2 unspecified atom stereocenters. The van der Waals surface area contributed by atoms with E-state index in [1.54, 1.807) is 0 Å². The van der Waals surface area contributed by atoms with Crippen molar-refractivity contribution in [3.05, 3.63) is 30.3 Å². The molecule has 1 heterocycles. The molecule has 1 aromatic carbocycles. The lowest BCUT2D eigenvalue weighted by atomic mass is 10.0. The van der Waals surface area contributed by atoms with Gasteiger partial charge in [0.2, 0.25) is 0 Å². The summed E-state index contributed by atoms with van der Waals surface area (Å²) >= 11 is 0. The molecular weight excluding hydrogens is 312 g/mol. The molecule has 3 rings (SSSR count). The molecular formula is C20H32N4O. The fourth-order valence-electron chi connectivity index (χ4n) is 3.87. The molecule has 3 N–H and O–H groups in total. The van der Waals surface area contributed by atoms with E-state index in [-0.39, 0.29) is 6.10 Å². The number of guanidine groups is 1. The minimum Gasteiger partial charge on any atom is -0.393 e. The lowest BCUT2D eigenvalue weighted by molar-refractivity contribution is 0.136. The van der Waals surface area contributed by atoms with Gasteiger partial charge >= 0.3 is 0 Å². The number of anilines is 1. The van der Waals surface area contributed by atoms with E-state index in [0.717, 1.165) is 64.2 Å². The van der Waals surface area contributed by atoms with E-state index in [4.69, 9.17) is 4.99 Å². The second-order valence-electron chi connectivity index (χ2n) is 7.22. The van der Waals surface area contributed by atoms with E-state index in [1.165, 1.54) is 5.69 Å². The lowest BCUT2D eigenvalue weighted by Gasteiger charge is -2.34. The zero-order valence-electron chi connectivity index (χ0n) is 15.3. The number of para-hydroxylation sites is 1. The monoisotopic (exact) mass is 344 g/mol. The van der Waals surface area contributed by atoms with Crippen LogP contribution in [0.4, 0.5) is 5.69 Å². The normalized spacial score (nSPS) is 25.2. The molecule has 1 saturated carbocycles. The van der Waals surface area contributed by atoms with Gasteiger partial charge in [-0.25, -0.2) is 0 Å². The predicted octanol–water partition coefficient (Wildman–Crippen LogP) is 2.37. The smallest absolute Gasteiger partial charge is 0.191 e. The molecule has 5 nitrogen and oxygen atoms in total. The molecule has 2 fully saturated rings. The van der Waals surface area contributed by atoms with Crippen molar-refractivity contribution in [3.8, 4) is 0 Å². The Morgan fingerprint density at radius 3 is 2.56 bits per heavy atom. The summed E-state index contributed by atoms with van der Waals surface area (Å²) in [5.74, 6) is 1.23. The highest BCUT2D eigenvalue weighted by Gasteiger charge is 2.25. The first-order chi connectivity index (χ1) is 12.3. The quantitative estimate of drug-likeness (QED) is 0.567. The van der Waals surface area contributed by atoms with Crippen LogP contribution in [0.1, 0.15) is 39.0 Å². The van der Waals surface area contributed by atoms with Gasteiger partial charge in [-0.1, -0.05) is 24.6 Å². The summed E-state index contributed by atoms with van der Waals surface area (Å²) in [5, 5.41) is 16.9. The van der Waals surface area contributed by atoms with Crippen LogP contribution < -0.4 is 15.5 Å². The minimum absolute atomic E-state index is 0.166. The maximum atomic E-state index is 9.97. The van der Waals surface area contributed by atoms with Crippen LogP contribution in [0.15, 0.2) is 35.3 Å². The van der Waals surface area contributed by atoms with E-state index < -0.39 is 0 Å². The first-order valence-corrected chi connectivity index (χ1v) is 9.79. The third kappa shape index (κ3) is 5.11. The second-order valence-corrected chi connectivity index (χ2v) is 7.22. The SMILES string of the molecule is CCNC(=NCC1CCCC1O)NC1CCN(c2ccccc2)CC1. The average Bonchev–Trinajstić information content (AvgIpc) is 3.06. The molecule has 5 heteroatoms. The maximum Gasteiger partial charge on any atom is 0.191 e. The van der Waals surface area contributed by atoms with Crippen molar-refractivity contribution in [3.63, 3.8) is 0 Å². The van der Waals surface area contributed by atoms with E-state index >= 15 is 0 Å². The summed E-state index contributed by atoms with van der Waals surface area (Å²) in [6.45, 7) is 5.83. The number of nitrogens with zero attached hydrogens (tertiary/aromatic N) is 2. The first-order valence-electron chi connectivity index (χ1n) is 9.79. The van der Waals surface area contributed by atoms with Crippen molar-refractivity contribution in [2.24, 2.45) is 10.9 Å². The topological polar surface area (TPSA) is 59.9 Å². The van der Waals surface area contributed by atoms with E-state index in [9.17, 15) is 5.11 Å². The van der Waals surface area contributed by atoms with Crippen molar-refractivity contribution in [1.82, 2.24) is 10.6 Å². The first kappa shape index (κ1) is 18.1. The van der Waals surface area contributed by atoms with Crippen LogP contribution in [0.3, 0.4) is 0 Å². The number of aliphatic hydroxyl groups excluding tert-OH is 1. The number of piperidine rings is 1. The Labute approximate surface area is 151 Å². The summed E-state index contributed by atoms with van der Waals surface area (Å²) in [4.78, 5) is 7.19. The maximum absolute atomic E-state index is 9.97. The molecule has 138 valence electrons. The second kappa shape index (κ2) is 9.09. The highest BCUT2D eigenvalue weighted by atomic mass is 16.3. The molecule has 1 aliphatic carbocycles. The fraction of sp³-hybridized carbons (Fsp3) is 0.650. The standard InChI is InChI=1S/C20H32N4O/c1-2-21-20(22-15-16-7-6-10-19(16)25)23-17-11-13-24(14-12-17)18-8-4-3-5-9-18/h3-5,8-9,16-17,19,25H,2,6-7,10-15H2,1H3,(H2,21,22,23). The molecule has 25 heavy (non-hydrogen) atoms. The van der Waals surface area contributed by atoms with Gasteiger partial charge in [0.15, 0.2) is 5.96 Å². The molecule has 0 radical (unpaired) electrons. The Kier molecular flexibility index (Phi) is 6.56. The van der Waals surface area contributed by atoms with Crippen molar-refractivity contribution in [1.29, 1.82) is 0 Å². The van der Waals surface area contributed by atoms with Gasteiger partial charge < -0.3 is 20.6 Å². The number of hydrogen-bond acceptors (Lipinski definition) is 3. The Hall–Kier alpha value is -1.75. The van der Waals surface area contributed by atoms with E-state index in [1.807, 2.05) is 0 Å². The van der Waals surface area contributed by atoms with Gasteiger partial charge in [0.1, 0.15) is 0 Å². The Bertz CT molecular complexity index is 540. The van der Waals surface area contributed by atoms with Gasteiger partial charge in [-0.05, 0) is 44.7 Å². The third-order valence-corrected chi connectivity index (χ3v) is 5.40. The molecule has 0 amide bonds. The molecule has 0 bridgehead atoms. The molecule has 0 aromatic heterocycles. The van der Waals surface area contributed by atoms with Crippen LogP contribution in [-0.4, -0.2) is 49.4 Å². The average molecular weight is 345 g/mol. The third-order valence-electron chi connectivity index (χ3n) is 5.40. The van der Waals surface area contributed by atoms with Gasteiger partial charge in [0.05, 0.1) is 6.10 Å². The summed E-state index contributed by atoms with van der Waals surface area (Å²) in [6.07, 6.45) is 5.22. The zero-order chi connectivity index (χ0) is 17.5. The Morgan fingerprint density at radius 2 is 1.92 bits per heavy atom. The molecule has 1 saturated heterocycles. The number of aliphatic hydroxyl groups is 1. The number of benzene rings is 1. The van der Waals surface area contributed by atoms with E-state index in [2.05, 4.69) is 52.8 Å². The molecule has 2 atom stereocenters. The van der Waals surface area contributed by atoms with Crippen LogP contribution >= 0.6 is 0 Å². The number of nitrogens with one attached hydrogen (secondary N) is 2. The van der Waals surface area contributed by atoms with Crippen LogP contribution in [0.2, 0.25) is 0 Å². The predicted molar refractivity (Wildman–Crippen MR) is 104 cm³/mol. The molecule has 0 spiro atoms. The Balaban J connectivity index is 1.49. The zero-order valence-corrected chi connectivity index (χ0v) is 15.3. The largest absolute Gasteiger partial charge is 0.393 e. The number of hydrogen-bond donors (Lipinski definition) is 3. The van der Waals surface area contributed by atoms with Crippen LogP contribution in [0, 0.1) is 5.92 Å². The van der Waals surface area contributed by atoms with E-state index in [0.29, 0.717) is 12.0 Å². The van der Waals surface area contributed by atoms with Crippen LogP contribution in [0.25, 0.3) is 0 Å². The highest BCUT2D eigenvalue weighted by molar-refractivity contribution is 5.80. The number of aliphatic imine (C=N–C) groups is 1. The summed E-state index contributed by atoms with van der Waals surface area (Å²) in [5.41, 5.74) is 1.32. The highest BCUT2D eigenvalue weighted by Crippen LogP contribution is 2.25. The fourth-order valence-corrected chi connectivity index (χ4v) is 3.87. The van der Waals surface area contributed by atoms with Crippen LogP contribution in [-0.2, 0) is 0 Å². The lowest BCUT2D eigenvalue weighted by Crippen LogP contribution is -2.49. The van der Waals surface area contributed by atoms with Crippen molar-refractivity contribution in [2.45, 2.75) is 51.2 Å². The van der Waals surface area contributed by atoms with Crippen LogP contribution in [0.5, 0.6) is 0 Å². The van der Waals surface area contributed by atoms with Gasteiger partial charge in [-0.2, -0.15) is 0 Å². The molecule has 2 aliphatic rings. The van der Waals surface area contributed by atoms with Crippen molar-refractivity contribution in [2.75, 3.05) is 31.1 Å². The van der Waals surface area contributed by atoms with Gasteiger partial charge in [0.25, 0.3) is 0 Å². The summed E-state index contributed by atoms with van der Waals surface area (Å²) < 4.78 is 0. The number of rotatable bonds is 5. The van der Waals surface area contributed by atoms with Crippen molar-refractivity contribution < 1.29 is 5.11 Å². The summed E-state index contributed by atoms with van der Waals surface area (Å²) in [7, 11) is 0. The van der Waals surface area contributed by atoms with Gasteiger partial charge in [0, 0.05) is 43.8 Å². The Morgan fingerprint density at radius 1 is 1.16 bits per heavy atom. The van der Waals surface area contributed by atoms with Crippen molar-refractivity contribution >= 4 is 11.6 Å². The van der Waals surface area contributed by atoms with Gasteiger partial charge in [-0.3, -0.25) is 4.99 Å². The summed E-state index contributed by atoms with van der Waals surface area (Å²) in [6, 6.07) is 11.1. The molecule has 1 aromatic rings. The van der Waals surface area contributed by atoms with Gasteiger partial charge in [-0.15, -0.1) is 0 Å².